The Balaban J connectivity index is 2.77. The van der Waals surface area contributed by atoms with Gasteiger partial charge in [0.2, 0.25) is 17.7 Å². The van der Waals surface area contributed by atoms with Crippen LogP contribution in [0.2, 0.25) is 0 Å². The number of carboxylic acids is 2. The van der Waals surface area contributed by atoms with E-state index in [2.05, 4.69) is 20.6 Å². The fourth-order valence-electron chi connectivity index (χ4n) is 2.21. The summed E-state index contributed by atoms with van der Waals surface area (Å²) in [6, 6.07) is -4.06. The van der Waals surface area contributed by atoms with E-state index in [1.807, 2.05) is 0 Å². The Kier molecular flexibility index (Phi) is 8.55. The number of nitrogens with one attached hydrogen (secondary N) is 3. The predicted molar refractivity (Wildman–Crippen MR) is 92.4 cm³/mol. The Labute approximate surface area is 158 Å². The highest BCUT2D eigenvalue weighted by molar-refractivity contribution is 5.94. The molecule has 1 rings (SSSR count). The molecule has 0 unspecified atom stereocenters. The SMILES string of the molecule is NC(=O)C[C@H](NC(=O)[C@@H](N)Cc1cnc[nH]1)C(=O)N[C@@H](CCC(=O)O)C(=O)O. The van der Waals surface area contributed by atoms with Crippen LogP contribution in [0, 0.1) is 0 Å². The van der Waals surface area contributed by atoms with Gasteiger partial charge in [-0.05, 0) is 6.42 Å². The average molecular weight is 398 g/mol. The number of nitrogens with two attached hydrogens (primary N) is 2. The first-order chi connectivity index (χ1) is 13.1. The van der Waals surface area contributed by atoms with Crippen LogP contribution >= 0.6 is 0 Å². The molecule has 13 nitrogen and oxygen atoms in total. The van der Waals surface area contributed by atoms with Crippen molar-refractivity contribution >= 4 is 29.7 Å². The van der Waals surface area contributed by atoms with Gasteiger partial charge in [0.15, 0.2) is 0 Å². The van der Waals surface area contributed by atoms with Crippen molar-refractivity contribution in [1.29, 1.82) is 0 Å². The number of carbonyl (C=O) groups is 5. The van der Waals surface area contributed by atoms with Crippen LogP contribution in [0.3, 0.4) is 0 Å². The van der Waals surface area contributed by atoms with E-state index in [4.69, 9.17) is 21.7 Å². The molecule has 9 N–H and O–H groups in total. The van der Waals surface area contributed by atoms with Crippen LogP contribution in [-0.2, 0) is 30.4 Å². The lowest BCUT2D eigenvalue weighted by atomic mass is 10.1. The van der Waals surface area contributed by atoms with Gasteiger partial charge < -0.3 is 37.3 Å². The van der Waals surface area contributed by atoms with E-state index in [1.54, 1.807) is 0 Å². The summed E-state index contributed by atoms with van der Waals surface area (Å²) in [6.45, 7) is 0. The van der Waals surface area contributed by atoms with Crippen LogP contribution in [0.5, 0.6) is 0 Å². The van der Waals surface area contributed by atoms with E-state index in [0.717, 1.165) is 0 Å². The highest BCUT2D eigenvalue weighted by Gasteiger charge is 2.29. The smallest absolute Gasteiger partial charge is 0.326 e. The van der Waals surface area contributed by atoms with Crippen LogP contribution in [0.4, 0.5) is 0 Å². The first kappa shape index (κ1) is 22.6. The zero-order valence-electron chi connectivity index (χ0n) is 14.8. The minimum Gasteiger partial charge on any atom is -0.481 e. The van der Waals surface area contributed by atoms with Crippen molar-refractivity contribution in [3.63, 3.8) is 0 Å². The standard InChI is InChI=1S/C15H22N6O7/c16-8(3-7-5-18-6-19-7)13(25)21-10(4-11(17)22)14(26)20-9(15(27)28)1-2-12(23)24/h5-6,8-10H,1-4,16H2,(H2,17,22)(H,18,19)(H,20,26)(H,21,25)(H,23,24)(H,27,28)/t8-,9-,10-/m0/s1. The first-order valence-electron chi connectivity index (χ1n) is 8.16. The third-order valence-corrected chi connectivity index (χ3v) is 3.63. The van der Waals surface area contributed by atoms with Gasteiger partial charge in [-0.3, -0.25) is 19.2 Å². The highest BCUT2D eigenvalue weighted by atomic mass is 16.4. The van der Waals surface area contributed by atoms with Gasteiger partial charge in [-0.15, -0.1) is 0 Å². The maximum Gasteiger partial charge on any atom is 0.326 e. The van der Waals surface area contributed by atoms with E-state index < -0.39 is 60.6 Å². The maximum atomic E-state index is 12.3. The lowest BCUT2D eigenvalue weighted by Crippen LogP contribution is -2.55. The first-order valence-corrected chi connectivity index (χ1v) is 8.16. The van der Waals surface area contributed by atoms with Crippen molar-refractivity contribution in [3.05, 3.63) is 18.2 Å². The summed E-state index contributed by atoms with van der Waals surface area (Å²) in [4.78, 5) is 64.0. The van der Waals surface area contributed by atoms with Crippen molar-refractivity contribution in [2.45, 2.75) is 43.8 Å². The van der Waals surface area contributed by atoms with E-state index >= 15 is 0 Å². The number of aliphatic carboxylic acids is 2. The normalized spacial score (nSPS) is 13.8. The molecule has 0 aliphatic rings. The number of hydrogen-bond donors (Lipinski definition) is 7. The molecule has 1 heterocycles. The van der Waals surface area contributed by atoms with Crippen molar-refractivity contribution < 1.29 is 34.2 Å². The van der Waals surface area contributed by atoms with Gasteiger partial charge in [0.05, 0.1) is 18.8 Å². The van der Waals surface area contributed by atoms with Crippen LogP contribution in [0.15, 0.2) is 12.5 Å². The van der Waals surface area contributed by atoms with Crippen molar-refractivity contribution in [2.75, 3.05) is 0 Å². The second kappa shape index (κ2) is 10.6. The van der Waals surface area contributed by atoms with Gasteiger partial charge in [-0.1, -0.05) is 0 Å². The molecular weight excluding hydrogens is 376 g/mol. The number of primary amides is 1. The summed E-state index contributed by atoms with van der Waals surface area (Å²) in [7, 11) is 0. The van der Waals surface area contributed by atoms with E-state index in [9.17, 15) is 24.0 Å². The number of aromatic nitrogens is 2. The number of H-pyrrole nitrogens is 1. The second-order valence-corrected chi connectivity index (χ2v) is 5.95. The fourth-order valence-corrected chi connectivity index (χ4v) is 2.21. The van der Waals surface area contributed by atoms with Crippen LogP contribution in [0.1, 0.15) is 25.0 Å². The minimum absolute atomic E-state index is 0.0765. The summed E-state index contributed by atoms with van der Waals surface area (Å²) in [5, 5.41) is 22.1. The fraction of sp³-hybridized carbons (Fsp3) is 0.467. The zero-order chi connectivity index (χ0) is 21.3. The molecule has 154 valence electrons. The van der Waals surface area contributed by atoms with Crippen molar-refractivity contribution in [3.8, 4) is 0 Å². The summed E-state index contributed by atoms with van der Waals surface area (Å²) in [5.41, 5.74) is 11.4. The molecule has 0 saturated carbocycles. The molecule has 13 heteroatoms. The van der Waals surface area contributed by atoms with Gasteiger partial charge in [0, 0.05) is 24.7 Å². The minimum atomic E-state index is -1.52. The third kappa shape index (κ3) is 7.82. The molecule has 0 spiro atoms. The number of carbonyl (C=O) groups excluding carboxylic acids is 3. The highest BCUT2D eigenvalue weighted by Crippen LogP contribution is 2.02. The predicted octanol–water partition coefficient (Wildman–Crippen LogP) is -2.93. The molecule has 1 aromatic rings. The van der Waals surface area contributed by atoms with E-state index in [1.165, 1.54) is 12.5 Å². The lowest BCUT2D eigenvalue weighted by Gasteiger charge is -2.21. The topological polar surface area (TPSA) is 231 Å². The van der Waals surface area contributed by atoms with Crippen LogP contribution < -0.4 is 22.1 Å². The summed E-state index contributed by atoms with van der Waals surface area (Å²) in [6.07, 6.45) is 1.45. The summed E-state index contributed by atoms with van der Waals surface area (Å²) >= 11 is 0. The Morgan fingerprint density at radius 3 is 2.25 bits per heavy atom. The number of hydrogen-bond acceptors (Lipinski definition) is 7. The third-order valence-electron chi connectivity index (χ3n) is 3.63. The molecule has 0 aromatic carbocycles. The number of amides is 3. The number of rotatable bonds is 12. The van der Waals surface area contributed by atoms with Crippen molar-refractivity contribution in [2.24, 2.45) is 11.5 Å². The quantitative estimate of drug-likeness (QED) is 0.191. The maximum absolute atomic E-state index is 12.3. The van der Waals surface area contributed by atoms with Gasteiger partial charge in [-0.2, -0.15) is 0 Å². The lowest BCUT2D eigenvalue weighted by molar-refractivity contribution is -0.143. The number of nitrogens with zero attached hydrogens (tertiary/aromatic N) is 1. The Hall–Kier alpha value is -3.48. The van der Waals surface area contributed by atoms with Crippen molar-refractivity contribution in [1.82, 2.24) is 20.6 Å². The molecule has 1 aromatic heterocycles. The molecule has 0 saturated heterocycles. The molecule has 0 bridgehead atoms. The Morgan fingerprint density at radius 2 is 1.75 bits per heavy atom. The molecule has 28 heavy (non-hydrogen) atoms. The largest absolute Gasteiger partial charge is 0.481 e. The second-order valence-electron chi connectivity index (χ2n) is 5.95. The summed E-state index contributed by atoms with van der Waals surface area (Å²) < 4.78 is 0. The van der Waals surface area contributed by atoms with Crippen LogP contribution in [0.25, 0.3) is 0 Å². The van der Waals surface area contributed by atoms with Gasteiger partial charge in [0.25, 0.3) is 0 Å². The van der Waals surface area contributed by atoms with E-state index in [-0.39, 0.29) is 12.8 Å². The van der Waals surface area contributed by atoms with Crippen LogP contribution in [-0.4, -0.2) is 68.0 Å². The average Bonchev–Trinajstić information content (AvgIpc) is 3.09. The molecule has 0 aliphatic heterocycles. The summed E-state index contributed by atoms with van der Waals surface area (Å²) in [5.74, 6) is -5.39. The molecule has 0 aliphatic carbocycles. The molecule has 3 atom stereocenters. The van der Waals surface area contributed by atoms with Gasteiger partial charge in [0.1, 0.15) is 12.1 Å². The molecule has 3 amide bonds. The number of carboxylic acid groups (broad SMARTS) is 2. The van der Waals surface area contributed by atoms with Gasteiger partial charge in [-0.25, -0.2) is 9.78 Å². The number of aromatic amines is 1. The number of imidazole rings is 1. The zero-order valence-corrected chi connectivity index (χ0v) is 14.8. The Morgan fingerprint density at radius 1 is 1.11 bits per heavy atom. The van der Waals surface area contributed by atoms with Gasteiger partial charge >= 0.3 is 11.9 Å². The van der Waals surface area contributed by atoms with E-state index in [0.29, 0.717) is 5.69 Å². The monoisotopic (exact) mass is 398 g/mol. The molecular formula is C15H22N6O7. The molecule has 0 radical (unpaired) electrons. The molecule has 0 fully saturated rings. The Bertz CT molecular complexity index is 720.